The van der Waals surface area contributed by atoms with Crippen molar-refractivity contribution in [3.05, 3.63) is 36.5 Å². The van der Waals surface area contributed by atoms with Gasteiger partial charge in [0, 0.05) is 19.0 Å². The summed E-state index contributed by atoms with van der Waals surface area (Å²) in [6.07, 6.45) is 3.06. The second-order valence-electron chi connectivity index (χ2n) is 4.19. The van der Waals surface area contributed by atoms with E-state index < -0.39 is 0 Å². The van der Waals surface area contributed by atoms with E-state index in [2.05, 4.69) is 10.4 Å². The molecule has 18 heavy (non-hydrogen) atoms. The van der Waals surface area contributed by atoms with Crippen molar-refractivity contribution in [2.45, 2.75) is 19.8 Å². The Hall–Kier alpha value is -2.10. The average molecular weight is 243 g/mol. The quantitative estimate of drug-likeness (QED) is 0.897. The summed E-state index contributed by atoms with van der Waals surface area (Å²) in [6.45, 7) is 1.99. The van der Waals surface area contributed by atoms with Crippen LogP contribution < -0.4 is 5.32 Å². The molecule has 0 radical (unpaired) electrons. The monoisotopic (exact) mass is 243 g/mol. The smallest absolute Gasteiger partial charge is 0.224 e. The Morgan fingerprint density at radius 2 is 2.06 bits per heavy atom. The summed E-state index contributed by atoms with van der Waals surface area (Å²) in [6, 6.07) is 9.92. The first kappa shape index (κ1) is 12.4. The van der Waals surface area contributed by atoms with E-state index in [-0.39, 0.29) is 5.91 Å². The highest BCUT2D eigenvalue weighted by Crippen LogP contribution is 2.27. The normalized spacial score (nSPS) is 10.3. The Kier molecular flexibility index (Phi) is 3.77. The van der Waals surface area contributed by atoms with Crippen molar-refractivity contribution in [1.29, 1.82) is 0 Å². The Morgan fingerprint density at radius 1 is 1.33 bits per heavy atom. The molecule has 1 aromatic heterocycles. The van der Waals surface area contributed by atoms with Crippen LogP contribution in [0.5, 0.6) is 0 Å². The van der Waals surface area contributed by atoms with Gasteiger partial charge in [-0.25, -0.2) is 0 Å². The van der Waals surface area contributed by atoms with Crippen molar-refractivity contribution in [1.82, 2.24) is 9.78 Å². The van der Waals surface area contributed by atoms with Gasteiger partial charge in [-0.05, 0) is 6.42 Å². The summed E-state index contributed by atoms with van der Waals surface area (Å²) >= 11 is 0. The molecular weight excluding hydrogens is 226 g/mol. The third-order valence-corrected chi connectivity index (χ3v) is 2.74. The topological polar surface area (TPSA) is 46.9 Å². The number of benzene rings is 1. The SMILES string of the molecule is CCCC(=O)Nc1cnn(C)c1-c1ccccc1. The van der Waals surface area contributed by atoms with Gasteiger partial charge < -0.3 is 5.32 Å². The van der Waals surface area contributed by atoms with Crippen molar-refractivity contribution < 1.29 is 4.79 Å². The molecule has 4 nitrogen and oxygen atoms in total. The number of aryl methyl sites for hydroxylation is 1. The number of carbonyl (C=O) groups is 1. The predicted molar refractivity (Wildman–Crippen MR) is 72.2 cm³/mol. The van der Waals surface area contributed by atoms with E-state index in [9.17, 15) is 4.79 Å². The number of nitrogens with one attached hydrogen (secondary N) is 1. The van der Waals surface area contributed by atoms with Crippen LogP contribution in [0.15, 0.2) is 36.5 Å². The summed E-state index contributed by atoms with van der Waals surface area (Å²) in [5.74, 6) is 0.0303. The summed E-state index contributed by atoms with van der Waals surface area (Å²) in [5.41, 5.74) is 2.74. The van der Waals surface area contributed by atoms with E-state index in [1.807, 2.05) is 44.3 Å². The van der Waals surface area contributed by atoms with Crippen molar-refractivity contribution in [2.75, 3.05) is 5.32 Å². The van der Waals surface area contributed by atoms with Crippen LogP contribution in [0, 0.1) is 0 Å². The highest BCUT2D eigenvalue weighted by molar-refractivity contribution is 5.94. The van der Waals surface area contributed by atoms with Gasteiger partial charge in [-0.15, -0.1) is 0 Å². The predicted octanol–water partition coefficient (Wildman–Crippen LogP) is 2.83. The molecule has 4 heteroatoms. The van der Waals surface area contributed by atoms with Crippen LogP contribution in [-0.2, 0) is 11.8 Å². The summed E-state index contributed by atoms with van der Waals surface area (Å²) < 4.78 is 1.77. The van der Waals surface area contributed by atoms with E-state index in [0.717, 1.165) is 23.4 Å². The molecule has 2 rings (SSSR count). The van der Waals surface area contributed by atoms with Gasteiger partial charge in [0.2, 0.25) is 5.91 Å². The minimum absolute atomic E-state index is 0.0303. The van der Waals surface area contributed by atoms with Gasteiger partial charge in [-0.2, -0.15) is 5.10 Å². The van der Waals surface area contributed by atoms with Crippen LogP contribution in [-0.4, -0.2) is 15.7 Å². The maximum Gasteiger partial charge on any atom is 0.224 e. The maximum atomic E-state index is 11.7. The molecular formula is C14H17N3O. The van der Waals surface area contributed by atoms with Gasteiger partial charge in [0.25, 0.3) is 0 Å². The molecule has 1 amide bonds. The number of rotatable bonds is 4. The molecule has 0 saturated heterocycles. The van der Waals surface area contributed by atoms with E-state index in [1.165, 1.54) is 0 Å². The molecule has 0 aliphatic carbocycles. The molecule has 0 fully saturated rings. The van der Waals surface area contributed by atoms with Crippen LogP contribution in [0.3, 0.4) is 0 Å². The summed E-state index contributed by atoms with van der Waals surface area (Å²) in [5, 5.41) is 7.12. The molecule has 0 spiro atoms. The van der Waals surface area contributed by atoms with Gasteiger partial charge in [0.05, 0.1) is 17.6 Å². The van der Waals surface area contributed by atoms with Crippen LogP contribution in [0.25, 0.3) is 11.3 Å². The zero-order valence-electron chi connectivity index (χ0n) is 10.7. The van der Waals surface area contributed by atoms with Gasteiger partial charge >= 0.3 is 0 Å². The fourth-order valence-electron chi connectivity index (χ4n) is 1.91. The Labute approximate surface area is 107 Å². The molecule has 1 heterocycles. The maximum absolute atomic E-state index is 11.7. The fourth-order valence-corrected chi connectivity index (χ4v) is 1.91. The molecule has 2 aromatic rings. The zero-order chi connectivity index (χ0) is 13.0. The van der Waals surface area contributed by atoms with Gasteiger partial charge in [-0.3, -0.25) is 9.48 Å². The van der Waals surface area contributed by atoms with E-state index in [1.54, 1.807) is 10.9 Å². The lowest BCUT2D eigenvalue weighted by Gasteiger charge is -2.07. The number of hydrogen-bond acceptors (Lipinski definition) is 2. The van der Waals surface area contributed by atoms with E-state index in [0.29, 0.717) is 6.42 Å². The Morgan fingerprint density at radius 3 is 2.72 bits per heavy atom. The first-order valence-corrected chi connectivity index (χ1v) is 6.09. The number of nitrogens with zero attached hydrogens (tertiary/aromatic N) is 2. The van der Waals surface area contributed by atoms with E-state index in [4.69, 9.17) is 0 Å². The Balaban J connectivity index is 2.31. The van der Waals surface area contributed by atoms with Crippen LogP contribution in [0.4, 0.5) is 5.69 Å². The largest absolute Gasteiger partial charge is 0.323 e. The molecule has 0 aliphatic heterocycles. The lowest BCUT2D eigenvalue weighted by Crippen LogP contribution is -2.11. The van der Waals surface area contributed by atoms with Gasteiger partial charge in [-0.1, -0.05) is 37.3 Å². The highest BCUT2D eigenvalue weighted by atomic mass is 16.1. The molecule has 0 atom stereocenters. The van der Waals surface area contributed by atoms with Crippen molar-refractivity contribution in [3.63, 3.8) is 0 Å². The first-order valence-electron chi connectivity index (χ1n) is 6.09. The third-order valence-electron chi connectivity index (χ3n) is 2.74. The molecule has 0 unspecified atom stereocenters. The van der Waals surface area contributed by atoms with Crippen LogP contribution in [0.2, 0.25) is 0 Å². The zero-order valence-corrected chi connectivity index (χ0v) is 10.7. The second kappa shape index (κ2) is 5.49. The summed E-state index contributed by atoms with van der Waals surface area (Å²) in [7, 11) is 1.87. The highest BCUT2D eigenvalue weighted by Gasteiger charge is 2.12. The molecule has 1 aromatic carbocycles. The van der Waals surface area contributed by atoms with Crippen molar-refractivity contribution >= 4 is 11.6 Å². The van der Waals surface area contributed by atoms with Crippen LogP contribution >= 0.6 is 0 Å². The first-order chi connectivity index (χ1) is 8.72. The lowest BCUT2D eigenvalue weighted by atomic mass is 10.1. The average Bonchev–Trinajstić information content (AvgIpc) is 2.72. The van der Waals surface area contributed by atoms with Crippen molar-refractivity contribution in [2.24, 2.45) is 7.05 Å². The minimum atomic E-state index is 0.0303. The van der Waals surface area contributed by atoms with Crippen LogP contribution in [0.1, 0.15) is 19.8 Å². The third kappa shape index (κ3) is 2.59. The number of carbonyl (C=O) groups excluding carboxylic acids is 1. The van der Waals surface area contributed by atoms with Gasteiger partial charge in [0.15, 0.2) is 0 Å². The lowest BCUT2D eigenvalue weighted by molar-refractivity contribution is -0.116. The number of anilines is 1. The number of amides is 1. The second-order valence-corrected chi connectivity index (χ2v) is 4.19. The van der Waals surface area contributed by atoms with Gasteiger partial charge in [0.1, 0.15) is 0 Å². The standard InChI is InChI=1S/C14H17N3O/c1-3-7-13(18)16-12-10-15-17(2)14(12)11-8-5-4-6-9-11/h4-6,8-10H,3,7H2,1-2H3,(H,16,18). The summed E-state index contributed by atoms with van der Waals surface area (Å²) in [4.78, 5) is 11.7. The number of aromatic nitrogens is 2. The molecule has 1 N–H and O–H groups in total. The minimum Gasteiger partial charge on any atom is -0.323 e. The molecule has 0 aliphatic rings. The number of hydrogen-bond donors (Lipinski definition) is 1. The molecule has 0 bridgehead atoms. The van der Waals surface area contributed by atoms with Crippen molar-refractivity contribution in [3.8, 4) is 11.3 Å². The molecule has 0 saturated carbocycles. The van der Waals surface area contributed by atoms with E-state index >= 15 is 0 Å². The fraction of sp³-hybridized carbons (Fsp3) is 0.286. The molecule has 94 valence electrons. The Bertz CT molecular complexity index is 531.